The number of hydrogen-bond acceptors (Lipinski definition) is 3. The van der Waals surface area contributed by atoms with Crippen molar-refractivity contribution in [1.82, 2.24) is 9.62 Å². The molecule has 0 bridgehead atoms. The number of halogens is 2. The molecule has 0 aliphatic carbocycles. The van der Waals surface area contributed by atoms with Gasteiger partial charge in [0.25, 0.3) is 5.91 Å². The predicted octanol–water partition coefficient (Wildman–Crippen LogP) is 3.32. The van der Waals surface area contributed by atoms with Crippen LogP contribution in [0.2, 0.25) is 0 Å². The number of amides is 1. The molecule has 1 N–H and O–H groups in total. The Labute approximate surface area is 158 Å². The van der Waals surface area contributed by atoms with Gasteiger partial charge in [0.2, 0.25) is 10.0 Å². The summed E-state index contributed by atoms with van der Waals surface area (Å²) in [5.74, 6) is -2.38. The van der Waals surface area contributed by atoms with Gasteiger partial charge in [0.05, 0.1) is 10.9 Å². The van der Waals surface area contributed by atoms with E-state index in [0.29, 0.717) is 16.7 Å². The standard InChI is InChI=1S/C19H22F2N2O3S/c1-11-8-15(10-18(12(11)2)27(25,26)22-4)19(24)23(5)13(3)14-6-7-16(20)17(21)9-14/h6-10,13,22H,1-5H3. The summed E-state index contributed by atoms with van der Waals surface area (Å²) < 4.78 is 53.3. The molecule has 0 radical (unpaired) electrons. The quantitative estimate of drug-likeness (QED) is 0.843. The van der Waals surface area contributed by atoms with Crippen LogP contribution >= 0.6 is 0 Å². The fraction of sp³-hybridized carbons (Fsp3) is 0.316. The molecule has 2 aromatic rings. The summed E-state index contributed by atoms with van der Waals surface area (Å²) in [5.41, 5.74) is 1.83. The zero-order chi connectivity index (χ0) is 20.5. The monoisotopic (exact) mass is 396 g/mol. The highest BCUT2D eigenvalue weighted by Crippen LogP contribution is 2.25. The maximum atomic E-state index is 13.5. The van der Waals surface area contributed by atoms with E-state index < -0.39 is 33.6 Å². The third kappa shape index (κ3) is 4.17. The van der Waals surface area contributed by atoms with Crippen molar-refractivity contribution in [1.29, 1.82) is 0 Å². The number of nitrogens with one attached hydrogen (secondary N) is 1. The van der Waals surface area contributed by atoms with Crippen LogP contribution in [0, 0.1) is 25.5 Å². The largest absolute Gasteiger partial charge is 0.335 e. The summed E-state index contributed by atoms with van der Waals surface area (Å²) in [7, 11) is -0.903. The molecule has 5 nitrogen and oxygen atoms in total. The van der Waals surface area contributed by atoms with Crippen LogP contribution in [0.3, 0.4) is 0 Å². The van der Waals surface area contributed by atoms with Gasteiger partial charge >= 0.3 is 0 Å². The third-order valence-corrected chi connectivity index (χ3v) is 6.29. The smallest absolute Gasteiger partial charge is 0.254 e. The number of aryl methyl sites for hydroxylation is 1. The minimum absolute atomic E-state index is 0.0298. The maximum Gasteiger partial charge on any atom is 0.254 e. The molecule has 0 spiro atoms. The summed E-state index contributed by atoms with van der Waals surface area (Å²) >= 11 is 0. The predicted molar refractivity (Wildman–Crippen MR) is 99.0 cm³/mol. The average molecular weight is 396 g/mol. The molecule has 8 heteroatoms. The second-order valence-electron chi connectivity index (χ2n) is 6.39. The van der Waals surface area contributed by atoms with E-state index in [1.807, 2.05) is 0 Å². The van der Waals surface area contributed by atoms with Crippen molar-refractivity contribution in [3.8, 4) is 0 Å². The third-order valence-electron chi connectivity index (χ3n) is 4.75. The lowest BCUT2D eigenvalue weighted by molar-refractivity contribution is 0.0742. The molecule has 0 saturated heterocycles. The van der Waals surface area contributed by atoms with Crippen molar-refractivity contribution in [2.45, 2.75) is 31.7 Å². The fourth-order valence-corrected chi connectivity index (χ4v) is 3.78. The van der Waals surface area contributed by atoms with Crippen molar-refractivity contribution in [3.05, 3.63) is 64.2 Å². The van der Waals surface area contributed by atoms with Gasteiger partial charge in [-0.2, -0.15) is 0 Å². The van der Waals surface area contributed by atoms with Crippen molar-refractivity contribution in [3.63, 3.8) is 0 Å². The summed E-state index contributed by atoms with van der Waals surface area (Å²) in [5, 5.41) is 0. The number of benzene rings is 2. The Kier molecular flexibility index (Phi) is 6.01. The first-order chi connectivity index (χ1) is 12.5. The minimum Gasteiger partial charge on any atom is -0.335 e. The molecule has 2 aromatic carbocycles. The van der Waals surface area contributed by atoms with E-state index in [2.05, 4.69) is 4.72 Å². The molecule has 1 amide bonds. The van der Waals surface area contributed by atoms with E-state index in [-0.39, 0.29) is 10.5 Å². The molecule has 27 heavy (non-hydrogen) atoms. The first-order valence-corrected chi connectivity index (χ1v) is 9.74. The van der Waals surface area contributed by atoms with Gasteiger partial charge in [0, 0.05) is 12.6 Å². The van der Waals surface area contributed by atoms with Crippen LogP contribution in [-0.4, -0.2) is 33.3 Å². The Morgan fingerprint density at radius 2 is 1.74 bits per heavy atom. The molecule has 0 aliphatic heterocycles. The molecular weight excluding hydrogens is 374 g/mol. The molecule has 1 atom stereocenters. The Morgan fingerprint density at radius 3 is 2.30 bits per heavy atom. The molecule has 2 rings (SSSR count). The Hall–Kier alpha value is -2.32. The lowest BCUT2D eigenvalue weighted by Crippen LogP contribution is -2.30. The summed E-state index contributed by atoms with van der Waals surface area (Å²) in [6, 6.07) is 5.85. The van der Waals surface area contributed by atoms with Crippen LogP contribution in [0.1, 0.15) is 40.0 Å². The second-order valence-corrected chi connectivity index (χ2v) is 8.24. The van der Waals surface area contributed by atoms with Gasteiger partial charge in [-0.15, -0.1) is 0 Å². The van der Waals surface area contributed by atoms with Gasteiger partial charge in [-0.25, -0.2) is 21.9 Å². The lowest BCUT2D eigenvalue weighted by Gasteiger charge is -2.26. The van der Waals surface area contributed by atoms with Gasteiger partial charge in [-0.3, -0.25) is 4.79 Å². The number of sulfonamides is 1. The summed E-state index contributed by atoms with van der Waals surface area (Å²) in [4.78, 5) is 14.3. The van der Waals surface area contributed by atoms with E-state index in [9.17, 15) is 22.0 Å². The highest BCUT2D eigenvalue weighted by molar-refractivity contribution is 7.89. The zero-order valence-corrected chi connectivity index (χ0v) is 16.6. The van der Waals surface area contributed by atoms with Gasteiger partial charge < -0.3 is 4.90 Å². The van der Waals surface area contributed by atoms with Gasteiger partial charge in [0.15, 0.2) is 11.6 Å². The SMILES string of the molecule is CNS(=O)(=O)c1cc(C(=O)N(C)C(C)c2ccc(F)c(F)c2)cc(C)c1C. The van der Waals surface area contributed by atoms with Crippen molar-refractivity contribution in [2.75, 3.05) is 14.1 Å². The number of hydrogen-bond donors (Lipinski definition) is 1. The molecule has 0 fully saturated rings. The highest BCUT2D eigenvalue weighted by atomic mass is 32.2. The molecular formula is C19H22F2N2O3S. The van der Waals surface area contributed by atoms with Crippen molar-refractivity contribution < 1.29 is 22.0 Å². The van der Waals surface area contributed by atoms with Crippen LogP contribution in [0.5, 0.6) is 0 Å². The first-order valence-electron chi connectivity index (χ1n) is 8.26. The van der Waals surface area contributed by atoms with Gasteiger partial charge in [0.1, 0.15) is 0 Å². The molecule has 0 aliphatic rings. The molecule has 0 heterocycles. The average Bonchev–Trinajstić information content (AvgIpc) is 2.64. The van der Waals surface area contributed by atoms with Crippen molar-refractivity contribution >= 4 is 15.9 Å². The summed E-state index contributed by atoms with van der Waals surface area (Å²) in [6.45, 7) is 5.07. The second kappa shape index (κ2) is 7.74. The molecule has 1 unspecified atom stereocenters. The normalized spacial score (nSPS) is 12.7. The molecule has 0 saturated carbocycles. The van der Waals surface area contributed by atoms with E-state index in [4.69, 9.17) is 0 Å². The first kappa shape index (κ1) is 21.0. The lowest BCUT2D eigenvalue weighted by atomic mass is 10.0. The van der Waals surface area contributed by atoms with E-state index in [0.717, 1.165) is 12.1 Å². The Balaban J connectivity index is 2.43. The number of carbonyl (C=O) groups excluding carboxylic acids is 1. The van der Waals surface area contributed by atoms with Crippen LogP contribution in [0.4, 0.5) is 8.78 Å². The number of rotatable bonds is 5. The van der Waals surface area contributed by atoms with Gasteiger partial charge in [-0.05, 0) is 68.8 Å². The maximum absolute atomic E-state index is 13.5. The topological polar surface area (TPSA) is 66.5 Å². The van der Waals surface area contributed by atoms with Crippen LogP contribution in [-0.2, 0) is 10.0 Å². The highest BCUT2D eigenvalue weighted by Gasteiger charge is 2.24. The number of nitrogens with zero attached hydrogens (tertiary/aromatic N) is 1. The van der Waals surface area contributed by atoms with E-state index in [1.54, 1.807) is 26.8 Å². The Bertz CT molecular complexity index is 991. The zero-order valence-electron chi connectivity index (χ0n) is 15.8. The van der Waals surface area contributed by atoms with Crippen molar-refractivity contribution in [2.24, 2.45) is 0 Å². The fourth-order valence-electron chi connectivity index (χ4n) is 2.71. The molecule has 146 valence electrons. The van der Waals surface area contributed by atoms with Crippen LogP contribution in [0.25, 0.3) is 0 Å². The van der Waals surface area contributed by atoms with E-state index >= 15 is 0 Å². The van der Waals surface area contributed by atoms with E-state index in [1.165, 1.54) is 31.1 Å². The summed E-state index contributed by atoms with van der Waals surface area (Å²) in [6.07, 6.45) is 0. The van der Waals surface area contributed by atoms with Gasteiger partial charge in [-0.1, -0.05) is 6.07 Å². The van der Waals surface area contributed by atoms with Crippen LogP contribution < -0.4 is 4.72 Å². The minimum atomic E-state index is -3.73. The number of carbonyl (C=O) groups is 1. The van der Waals surface area contributed by atoms with Crippen LogP contribution in [0.15, 0.2) is 35.2 Å². The molecule has 0 aromatic heterocycles. The Morgan fingerprint density at radius 1 is 1.11 bits per heavy atom.